The molecule has 1 aliphatic heterocycles. The molecule has 2 N–H and O–H groups in total. The SMILES string of the molecule is CC(=O)N1CCC[C@H](c2ccc3[nH]c(C(=O)Nc4cc(F)cc(F)c4)cc3c2)C1. The van der Waals surface area contributed by atoms with Crippen LogP contribution in [0.25, 0.3) is 10.9 Å². The number of aromatic nitrogens is 1. The molecule has 1 aromatic heterocycles. The Morgan fingerprint density at radius 3 is 2.59 bits per heavy atom. The molecule has 0 bridgehead atoms. The predicted octanol–water partition coefficient (Wildman–Crippen LogP) is 4.42. The van der Waals surface area contributed by atoms with Gasteiger partial charge in [-0.05, 0) is 48.7 Å². The summed E-state index contributed by atoms with van der Waals surface area (Å²) in [6, 6.07) is 10.5. The minimum Gasteiger partial charge on any atom is -0.351 e. The lowest BCUT2D eigenvalue weighted by Gasteiger charge is -2.32. The predicted molar refractivity (Wildman–Crippen MR) is 107 cm³/mol. The number of H-pyrrole nitrogens is 1. The van der Waals surface area contributed by atoms with Crippen molar-refractivity contribution in [2.24, 2.45) is 0 Å². The fourth-order valence-corrected chi connectivity index (χ4v) is 3.89. The number of hydrogen-bond donors (Lipinski definition) is 2. The van der Waals surface area contributed by atoms with Gasteiger partial charge in [-0.2, -0.15) is 0 Å². The number of anilines is 1. The van der Waals surface area contributed by atoms with E-state index in [-0.39, 0.29) is 17.5 Å². The van der Waals surface area contributed by atoms with Crippen LogP contribution in [-0.2, 0) is 4.79 Å². The number of halogens is 2. The molecule has 7 heteroatoms. The first-order valence-corrected chi connectivity index (χ1v) is 9.54. The number of piperidine rings is 1. The number of rotatable bonds is 3. The minimum atomic E-state index is -0.756. The molecule has 2 heterocycles. The molecule has 0 saturated carbocycles. The first-order valence-electron chi connectivity index (χ1n) is 9.54. The van der Waals surface area contributed by atoms with Gasteiger partial charge in [-0.15, -0.1) is 0 Å². The highest BCUT2D eigenvalue weighted by molar-refractivity contribution is 6.06. The van der Waals surface area contributed by atoms with E-state index in [2.05, 4.69) is 10.3 Å². The Morgan fingerprint density at radius 2 is 1.86 bits per heavy atom. The summed E-state index contributed by atoms with van der Waals surface area (Å²) in [4.78, 5) is 29.1. The molecule has 2 aromatic carbocycles. The van der Waals surface area contributed by atoms with E-state index in [1.54, 1.807) is 13.0 Å². The molecular weight excluding hydrogens is 376 g/mol. The van der Waals surface area contributed by atoms with Crippen molar-refractivity contribution in [1.29, 1.82) is 0 Å². The lowest BCUT2D eigenvalue weighted by molar-refractivity contribution is -0.130. The van der Waals surface area contributed by atoms with Gasteiger partial charge in [-0.25, -0.2) is 8.78 Å². The van der Waals surface area contributed by atoms with Crippen molar-refractivity contribution in [1.82, 2.24) is 9.88 Å². The third kappa shape index (κ3) is 4.13. The van der Waals surface area contributed by atoms with Crippen molar-refractivity contribution in [3.8, 4) is 0 Å². The zero-order chi connectivity index (χ0) is 20.5. The van der Waals surface area contributed by atoms with Crippen molar-refractivity contribution in [2.45, 2.75) is 25.7 Å². The summed E-state index contributed by atoms with van der Waals surface area (Å²) in [7, 11) is 0. The summed E-state index contributed by atoms with van der Waals surface area (Å²) in [6.45, 7) is 3.08. The number of hydrogen-bond acceptors (Lipinski definition) is 2. The zero-order valence-electron chi connectivity index (χ0n) is 16.0. The molecule has 150 valence electrons. The molecule has 5 nitrogen and oxygen atoms in total. The highest BCUT2D eigenvalue weighted by Crippen LogP contribution is 2.29. The normalized spacial score (nSPS) is 16.8. The van der Waals surface area contributed by atoms with E-state index in [1.807, 2.05) is 23.1 Å². The first kappa shape index (κ1) is 19.1. The van der Waals surface area contributed by atoms with Gasteiger partial charge in [0.25, 0.3) is 5.91 Å². The molecule has 3 aromatic rings. The summed E-state index contributed by atoms with van der Waals surface area (Å²) in [5.74, 6) is -1.64. The van der Waals surface area contributed by atoms with Crippen molar-refractivity contribution in [2.75, 3.05) is 18.4 Å². The Morgan fingerprint density at radius 1 is 1.10 bits per heavy atom. The third-order valence-corrected chi connectivity index (χ3v) is 5.35. The van der Waals surface area contributed by atoms with Crippen LogP contribution in [-0.4, -0.2) is 34.8 Å². The number of nitrogens with one attached hydrogen (secondary N) is 2. The minimum absolute atomic E-state index is 0.0541. The van der Waals surface area contributed by atoms with Crippen LogP contribution in [0.1, 0.15) is 41.7 Å². The molecule has 1 atom stereocenters. The number of likely N-dealkylation sites (tertiary alicyclic amines) is 1. The van der Waals surface area contributed by atoms with E-state index >= 15 is 0 Å². The topological polar surface area (TPSA) is 65.2 Å². The van der Waals surface area contributed by atoms with Crippen LogP contribution in [0, 0.1) is 11.6 Å². The standard InChI is InChI=1S/C22H21F2N3O2/c1-13(28)27-6-2-3-15(12-27)14-4-5-20-16(7-14)8-21(26-20)22(29)25-19-10-17(23)9-18(24)11-19/h4-5,7-11,15,26H,2-3,6,12H2,1H3,(H,25,29)/t15-/m0/s1. The maximum absolute atomic E-state index is 13.3. The van der Waals surface area contributed by atoms with E-state index in [0.717, 1.165) is 54.1 Å². The zero-order valence-corrected chi connectivity index (χ0v) is 16.0. The molecule has 1 saturated heterocycles. The highest BCUT2D eigenvalue weighted by atomic mass is 19.1. The van der Waals surface area contributed by atoms with Crippen molar-refractivity contribution >= 4 is 28.4 Å². The van der Waals surface area contributed by atoms with E-state index in [9.17, 15) is 18.4 Å². The van der Waals surface area contributed by atoms with Crippen LogP contribution in [0.5, 0.6) is 0 Å². The van der Waals surface area contributed by atoms with E-state index in [0.29, 0.717) is 12.2 Å². The molecule has 4 rings (SSSR count). The third-order valence-electron chi connectivity index (χ3n) is 5.35. The van der Waals surface area contributed by atoms with Gasteiger partial charge in [0.1, 0.15) is 17.3 Å². The highest BCUT2D eigenvalue weighted by Gasteiger charge is 2.23. The lowest BCUT2D eigenvalue weighted by atomic mass is 9.90. The van der Waals surface area contributed by atoms with Gasteiger partial charge < -0.3 is 15.2 Å². The average Bonchev–Trinajstić information content (AvgIpc) is 3.11. The Balaban J connectivity index is 1.55. The Bertz CT molecular complexity index is 1070. The maximum Gasteiger partial charge on any atom is 0.272 e. The summed E-state index contributed by atoms with van der Waals surface area (Å²) >= 11 is 0. The van der Waals surface area contributed by atoms with Crippen LogP contribution in [0.3, 0.4) is 0 Å². The quantitative estimate of drug-likeness (QED) is 0.687. The fraction of sp³-hybridized carbons (Fsp3) is 0.273. The second-order valence-electron chi connectivity index (χ2n) is 7.45. The monoisotopic (exact) mass is 397 g/mol. The van der Waals surface area contributed by atoms with Crippen LogP contribution in [0.4, 0.5) is 14.5 Å². The largest absolute Gasteiger partial charge is 0.351 e. The number of carbonyl (C=O) groups excluding carboxylic acids is 2. The number of aromatic amines is 1. The number of fused-ring (bicyclic) bond motifs is 1. The van der Waals surface area contributed by atoms with Gasteiger partial charge in [0.2, 0.25) is 5.91 Å². The smallest absolute Gasteiger partial charge is 0.272 e. The summed E-state index contributed by atoms with van der Waals surface area (Å²) in [5, 5.41) is 3.38. The van der Waals surface area contributed by atoms with Crippen LogP contribution >= 0.6 is 0 Å². The Labute approximate surface area is 166 Å². The lowest BCUT2D eigenvalue weighted by Crippen LogP contribution is -2.37. The molecular formula is C22H21F2N3O2. The second kappa shape index (κ2) is 7.66. The number of carbonyl (C=O) groups is 2. The van der Waals surface area contributed by atoms with Gasteiger partial charge in [-0.3, -0.25) is 9.59 Å². The van der Waals surface area contributed by atoms with E-state index in [1.165, 1.54) is 0 Å². The molecule has 0 unspecified atom stereocenters. The molecule has 2 amide bonds. The van der Waals surface area contributed by atoms with Crippen molar-refractivity contribution < 1.29 is 18.4 Å². The van der Waals surface area contributed by atoms with Gasteiger partial charge in [-0.1, -0.05) is 6.07 Å². The van der Waals surface area contributed by atoms with Gasteiger partial charge in [0, 0.05) is 48.6 Å². The van der Waals surface area contributed by atoms with Crippen molar-refractivity contribution in [3.63, 3.8) is 0 Å². The Kier molecular flexibility index (Phi) is 5.05. The molecule has 0 radical (unpaired) electrons. The maximum atomic E-state index is 13.3. The second-order valence-corrected chi connectivity index (χ2v) is 7.45. The van der Waals surface area contributed by atoms with Gasteiger partial charge in [0.15, 0.2) is 0 Å². The van der Waals surface area contributed by atoms with Crippen LogP contribution in [0.15, 0.2) is 42.5 Å². The average molecular weight is 397 g/mol. The first-order chi connectivity index (χ1) is 13.9. The molecule has 0 spiro atoms. The molecule has 29 heavy (non-hydrogen) atoms. The van der Waals surface area contributed by atoms with Gasteiger partial charge in [0.05, 0.1) is 0 Å². The summed E-state index contributed by atoms with van der Waals surface area (Å²) in [6.07, 6.45) is 1.98. The number of amides is 2. The van der Waals surface area contributed by atoms with Crippen LogP contribution in [0.2, 0.25) is 0 Å². The van der Waals surface area contributed by atoms with E-state index in [4.69, 9.17) is 0 Å². The van der Waals surface area contributed by atoms with E-state index < -0.39 is 17.5 Å². The van der Waals surface area contributed by atoms with Crippen LogP contribution < -0.4 is 5.32 Å². The van der Waals surface area contributed by atoms with Crippen molar-refractivity contribution in [3.05, 3.63) is 65.4 Å². The summed E-state index contributed by atoms with van der Waals surface area (Å²) in [5.41, 5.74) is 2.28. The molecule has 1 fully saturated rings. The summed E-state index contributed by atoms with van der Waals surface area (Å²) < 4.78 is 26.6. The molecule has 0 aliphatic carbocycles. The number of nitrogens with zero attached hydrogens (tertiary/aromatic N) is 1. The fourth-order valence-electron chi connectivity index (χ4n) is 3.89. The molecule has 1 aliphatic rings. The number of benzene rings is 2. The van der Waals surface area contributed by atoms with Gasteiger partial charge >= 0.3 is 0 Å². The Hall–Kier alpha value is -3.22.